The van der Waals surface area contributed by atoms with Crippen LogP contribution in [0.4, 0.5) is 23.7 Å². The second kappa shape index (κ2) is 9.33. The van der Waals surface area contributed by atoms with Gasteiger partial charge in [0.25, 0.3) is 0 Å². The van der Waals surface area contributed by atoms with Gasteiger partial charge in [-0.15, -0.1) is 0 Å². The predicted octanol–water partition coefficient (Wildman–Crippen LogP) is 2.29. The zero-order chi connectivity index (χ0) is 22.8. The molecular formula is C20H28F3N3O4S. The fraction of sp³-hybridized carbons (Fsp3) is 0.650. The number of aliphatic hydroxyl groups is 1. The van der Waals surface area contributed by atoms with Gasteiger partial charge < -0.3 is 20.2 Å². The maximum absolute atomic E-state index is 12.9. The Balaban J connectivity index is 1.70. The van der Waals surface area contributed by atoms with E-state index < -0.39 is 33.6 Å². The van der Waals surface area contributed by atoms with Crippen LogP contribution in [0.1, 0.15) is 18.9 Å². The zero-order valence-electron chi connectivity index (χ0n) is 17.3. The first-order valence-electron chi connectivity index (χ1n) is 10.3. The van der Waals surface area contributed by atoms with Gasteiger partial charge in [-0.2, -0.15) is 13.2 Å². The number of amides is 2. The maximum atomic E-state index is 12.9. The van der Waals surface area contributed by atoms with Gasteiger partial charge >= 0.3 is 12.2 Å². The lowest BCUT2D eigenvalue weighted by Crippen LogP contribution is -2.48. The topological polar surface area (TPSA) is 90.0 Å². The first kappa shape index (κ1) is 23.8. The number of rotatable bonds is 5. The van der Waals surface area contributed by atoms with Crippen molar-refractivity contribution >= 4 is 21.6 Å². The van der Waals surface area contributed by atoms with Gasteiger partial charge in [0.05, 0.1) is 29.7 Å². The van der Waals surface area contributed by atoms with Crippen molar-refractivity contribution in [3.05, 3.63) is 29.8 Å². The molecule has 0 spiro atoms. The molecule has 0 aromatic heterocycles. The summed E-state index contributed by atoms with van der Waals surface area (Å²) in [5.41, 5.74) is -0.816. The summed E-state index contributed by atoms with van der Waals surface area (Å²) in [6.45, 7) is 3.49. The number of hydrogen-bond acceptors (Lipinski definition) is 5. The van der Waals surface area contributed by atoms with E-state index in [2.05, 4.69) is 5.32 Å². The highest BCUT2D eigenvalue weighted by molar-refractivity contribution is 7.91. The number of halogens is 3. The average Bonchev–Trinajstić information content (AvgIpc) is 3.06. The number of aliphatic hydroxyl groups excluding tert-OH is 1. The van der Waals surface area contributed by atoms with Crippen molar-refractivity contribution in [1.29, 1.82) is 0 Å². The molecule has 0 saturated carbocycles. The third-order valence-electron chi connectivity index (χ3n) is 6.25. The van der Waals surface area contributed by atoms with Gasteiger partial charge in [0.1, 0.15) is 0 Å². The Morgan fingerprint density at radius 1 is 1.26 bits per heavy atom. The van der Waals surface area contributed by atoms with Gasteiger partial charge in [-0.05, 0) is 30.0 Å². The molecule has 2 aliphatic heterocycles. The van der Waals surface area contributed by atoms with Crippen LogP contribution >= 0.6 is 0 Å². The number of urea groups is 1. The zero-order valence-corrected chi connectivity index (χ0v) is 18.1. The molecule has 1 aromatic rings. The lowest BCUT2D eigenvalue weighted by Gasteiger charge is -2.33. The molecular weight excluding hydrogens is 435 g/mol. The lowest BCUT2D eigenvalue weighted by atomic mass is 9.88. The molecule has 7 nitrogen and oxygen atoms in total. The number of anilines is 1. The summed E-state index contributed by atoms with van der Waals surface area (Å²) in [6, 6.07) is 3.39. The van der Waals surface area contributed by atoms with Gasteiger partial charge in [0, 0.05) is 31.9 Å². The largest absolute Gasteiger partial charge is 0.416 e. The number of sulfone groups is 1. The number of hydrogen-bond donors (Lipinski definition) is 2. The van der Waals surface area contributed by atoms with Crippen LogP contribution < -0.4 is 5.32 Å². The summed E-state index contributed by atoms with van der Waals surface area (Å²) in [5.74, 6) is 0.242. The summed E-state index contributed by atoms with van der Waals surface area (Å²) >= 11 is 0. The van der Waals surface area contributed by atoms with E-state index in [-0.39, 0.29) is 35.6 Å². The van der Waals surface area contributed by atoms with Crippen molar-refractivity contribution in [2.75, 3.05) is 49.6 Å². The molecule has 0 unspecified atom stereocenters. The van der Waals surface area contributed by atoms with Gasteiger partial charge in [-0.25, -0.2) is 13.2 Å². The highest BCUT2D eigenvalue weighted by Crippen LogP contribution is 2.34. The fourth-order valence-corrected chi connectivity index (χ4v) is 5.72. The van der Waals surface area contributed by atoms with Crippen molar-refractivity contribution < 1.29 is 31.5 Å². The monoisotopic (exact) mass is 463 g/mol. The predicted molar refractivity (Wildman–Crippen MR) is 110 cm³/mol. The number of carbonyl (C=O) groups excluding carboxylic acids is 1. The van der Waals surface area contributed by atoms with Crippen LogP contribution in [0.15, 0.2) is 24.3 Å². The molecule has 2 N–H and O–H groups in total. The van der Waals surface area contributed by atoms with E-state index in [1.165, 1.54) is 17.0 Å². The van der Waals surface area contributed by atoms with Crippen molar-refractivity contribution in [3.63, 3.8) is 0 Å². The lowest BCUT2D eigenvalue weighted by molar-refractivity contribution is -0.137. The SMILES string of the molecule is CC[C@@H]1CN(C(=O)Nc2cccc(C(F)(F)F)c2)[C@H](CO)[C@@H]1CN1CCS(=O)(=O)CC1. The Hall–Kier alpha value is -1.85. The molecule has 1 aromatic carbocycles. The van der Waals surface area contributed by atoms with E-state index >= 15 is 0 Å². The van der Waals surface area contributed by atoms with Crippen molar-refractivity contribution in [1.82, 2.24) is 9.80 Å². The summed E-state index contributed by atoms with van der Waals surface area (Å²) in [7, 11) is -3.01. The van der Waals surface area contributed by atoms with Crippen molar-refractivity contribution in [2.45, 2.75) is 25.6 Å². The Labute approximate surface area is 180 Å². The molecule has 174 valence electrons. The molecule has 2 heterocycles. The smallest absolute Gasteiger partial charge is 0.394 e. The first-order valence-corrected chi connectivity index (χ1v) is 12.1. The molecule has 0 aliphatic carbocycles. The number of benzene rings is 1. The Morgan fingerprint density at radius 2 is 1.94 bits per heavy atom. The van der Waals surface area contributed by atoms with E-state index in [9.17, 15) is 31.5 Å². The summed E-state index contributed by atoms with van der Waals surface area (Å²) in [6.07, 6.45) is -3.75. The Bertz CT molecular complexity index is 880. The quantitative estimate of drug-likeness (QED) is 0.700. The van der Waals surface area contributed by atoms with Gasteiger partial charge in [-0.1, -0.05) is 19.4 Å². The standard InChI is InChI=1S/C20H28F3N3O4S/c1-2-14-11-26(19(28)24-16-5-3-4-15(10-16)20(21,22)23)18(13-27)17(14)12-25-6-8-31(29,30)9-7-25/h3-5,10,14,17-18,27H,2,6-9,11-13H2,1H3,(H,24,28)/t14-,17-,18-/m1/s1. The second-order valence-electron chi connectivity index (χ2n) is 8.20. The van der Waals surface area contributed by atoms with Gasteiger partial charge in [-0.3, -0.25) is 0 Å². The maximum Gasteiger partial charge on any atom is 0.416 e. The number of alkyl halides is 3. The normalized spacial score (nSPS) is 26.7. The van der Waals surface area contributed by atoms with Crippen molar-refractivity contribution in [2.24, 2.45) is 11.8 Å². The van der Waals surface area contributed by atoms with E-state index in [1.807, 2.05) is 11.8 Å². The van der Waals surface area contributed by atoms with Crippen LogP contribution in [0.2, 0.25) is 0 Å². The number of nitrogens with one attached hydrogen (secondary N) is 1. The minimum Gasteiger partial charge on any atom is -0.394 e. The summed E-state index contributed by atoms with van der Waals surface area (Å²) in [4.78, 5) is 16.4. The number of nitrogens with zero attached hydrogens (tertiary/aromatic N) is 2. The van der Waals surface area contributed by atoms with E-state index in [4.69, 9.17) is 0 Å². The molecule has 11 heteroatoms. The summed E-state index contributed by atoms with van der Waals surface area (Å²) in [5, 5.41) is 12.5. The Morgan fingerprint density at radius 3 is 2.52 bits per heavy atom. The number of carbonyl (C=O) groups is 1. The molecule has 3 rings (SSSR count). The van der Waals surface area contributed by atoms with Crippen molar-refractivity contribution in [3.8, 4) is 0 Å². The fourth-order valence-electron chi connectivity index (χ4n) is 4.44. The molecule has 0 radical (unpaired) electrons. The minimum absolute atomic E-state index is 0.0363. The summed E-state index contributed by atoms with van der Waals surface area (Å²) < 4.78 is 62.2. The first-order chi connectivity index (χ1) is 14.5. The van der Waals surface area contributed by atoms with Gasteiger partial charge in [0.15, 0.2) is 9.84 Å². The molecule has 2 aliphatic rings. The van der Waals surface area contributed by atoms with Crippen LogP contribution in [0.3, 0.4) is 0 Å². The third kappa shape index (κ3) is 5.69. The highest BCUT2D eigenvalue weighted by atomic mass is 32.2. The Kier molecular flexibility index (Phi) is 7.17. The molecule has 3 atom stereocenters. The molecule has 0 bridgehead atoms. The van der Waals surface area contributed by atoms with E-state index in [0.717, 1.165) is 18.6 Å². The van der Waals surface area contributed by atoms with E-state index in [1.54, 1.807) is 0 Å². The third-order valence-corrected chi connectivity index (χ3v) is 7.86. The van der Waals surface area contributed by atoms with Gasteiger partial charge in [0.2, 0.25) is 0 Å². The highest BCUT2D eigenvalue weighted by Gasteiger charge is 2.44. The molecule has 2 saturated heterocycles. The molecule has 2 fully saturated rings. The molecule has 31 heavy (non-hydrogen) atoms. The van der Waals surface area contributed by atoms with E-state index in [0.29, 0.717) is 26.2 Å². The second-order valence-corrected chi connectivity index (χ2v) is 10.5. The minimum atomic E-state index is -4.51. The average molecular weight is 464 g/mol. The van der Waals surface area contributed by atoms with Crippen LogP contribution in [0.25, 0.3) is 0 Å². The van der Waals surface area contributed by atoms with Crippen LogP contribution in [-0.4, -0.2) is 79.7 Å². The van der Waals surface area contributed by atoms with Crippen LogP contribution in [0, 0.1) is 11.8 Å². The van der Waals surface area contributed by atoms with Crippen LogP contribution in [-0.2, 0) is 16.0 Å². The van der Waals surface area contributed by atoms with Crippen LogP contribution in [0.5, 0.6) is 0 Å². The number of likely N-dealkylation sites (tertiary alicyclic amines) is 1. The molecule has 2 amide bonds.